The van der Waals surface area contributed by atoms with E-state index in [2.05, 4.69) is 33.0 Å². The maximum Gasteiger partial charge on any atom is 0.106 e. The van der Waals surface area contributed by atoms with Crippen LogP contribution < -0.4 is 0 Å². The smallest absolute Gasteiger partial charge is 0.106 e. The molecule has 3 heteroatoms. The Labute approximate surface area is 80.1 Å². The Balaban J connectivity index is 2.21. The molecule has 2 rings (SSSR count). The van der Waals surface area contributed by atoms with E-state index in [4.69, 9.17) is 4.74 Å². The van der Waals surface area contributed by atoms with Crippen LogP contribution in [0.4, 0.5) is 0 Å². The number of rotatable bonds is 1. The molecule has 1 aromatic rings. The molecule has 0 N–H and O–H groups in total. The maximum absolute atomic E-state index is 5.32. The van der Waals surface area contributed by atoms with Gasteiger partial charge in [-0.2, -0.15) is 0 Å². The van der Waals surface area contributed by atoms with Crippen molar-refractivity contribution < 1.29 is 4.74 Å². The van der Waals surface area contributed by atoms with Crippen molar-refractivity contribution in [2.24, 2.45) is 0 Å². The minimum absolute atomic E-state index is 0.573. The number of pyridine rings is 1. The van der Waals surface area contributed by atoms with Crippen LogP contribution >= 0.6 is 15.9 Å². The lowest BCUT2D eigenvalue weighted by molar-refractivity contribution is 0.194. The number of halogens is 1. The second kappa shape index (κ2) is 3.54. The first-order valence-corrected chi connectivity index (χ1v) is 4.85. The molecule has 1 aliphatic rings. The molecule has 0 aliphatic carbocycles. The fourth-order valence-electron chi connectivity index (χ4n) is 1.47. The molecule has 1 aliphatic heterocycles. The molecule has 12 heavy (non-hydrogen) atoms. The molecule has 1 atom stereocenters. The molecule has 2 nitrogen and oxygen atoms in total. The summed E-state index contributed by atoms with van der Waals surface area (Å²) in [7, 11) is 0. The molecule has 0 radical (unpaired) electrons. The van der Waals surface area contributed by atoms with Gasteiger partial charge in [-0.05, 0) is 40.0 Å². The van der Waals surface area contributed by atoms with Crippen LogP contribution in [-0.2, 0) is 4.74 Å². The number of aromatic nitrogens is 1. The van der Waals surface area contributed by atoms with E-state index in [-0.39, 0.29) is 0 Å². The summed E-state index contributed by atoms with van der Waals surface area (Å²) in [5, 5.41) is 0. The molecule has 0 aromatic carbocycles. The average Bonchev–Trinajstić information content (AvgIpc) is 2.56. The highest BCUT2D eigenvalue weighted by molar-refractivity contribution is 9.10. The summed E-state index contributed by atoms with van der Waals surface area (Å²) in [6.45, 7) is 1.75. The van der Waals surface area contributed by atoms with E-state index in [0.717, 1.165) is 24.2 Å². The second-order valence-corrected chi connectivity index (χ2v) is 3.78. The van der Waals surface area contributed by atoms with E-state index in [1.807, 2.05) is 6.20 Å². The van der Waals surface area contributed by atoms with Crippen molar-refractivity contribution in [3.63, 3.8) is 0 Å². The van der Waals surface area contributed by atoms with Crippen LogP contribution in [-0.4, -0.2) is 18.2 Å². The van der Waals surface area contributed by atoms with Gasteiger partial charge in [0.15, 0.2) is 0 Å². The minimum Gasteiger partial charge on any atom is -0.381 e. The molecule has 64 valence electrons. The van der Waals surface area contributed by atoms with Crippen molar-refractivity contribution in [2.45, 2.75) is 12.3 Å². The Kier molecular flexibility index (Phi) is 2.42. The zero-order valence-corrected chi connectivity index (χ0v) is 8.25. The summed E-state index contributed by atoms with van der Waals surface area (Å²) in [6.07, 6.45) is 2.97. The van der Waals surface area contributed by atoms with Crippen LogP contribution in [0.1, 0.15) is 17.9 Å². The number of hydrogen-bond acceptors (Lipinski definition) is 2. The fourth-order valence-corrected chi connectivity index (χ4v) is 1.85. The number of nitrogens with zero attached hydrogens (tertiary/aromatic N) is 1. The molecular formula is C9H10BrNO. The van der Waals surface area contributed by atoms with Gasteiger partial charge in [0, 0.05) is 18.7 Å². The third kappa shape index (κ3) is 1.67. The van der Waals surface area contributed by atoms with Crippen molar-refractivity contribution in [3.8, 4) is 0 Å². The number of ether oxygens (including phenoxy) is 1. The Morgan fingerprint density at radius 3 is 3.17 bits per heavy atom. The average molecular weight is 228 g/mol. The Hall–Kier alpha value is -0.410. The fraction of sp³-hybridized carbons (Fsp3) is 0.444. The molecule has 0 amide bonds. The zero-order chi connectivity index (χ0) is 8.39. The van der Waals surface area contributed by atoms with Gasteiger partial charge in [0.05, 0.1) is 6.61 Å². The van der Waals surface area contributed by atoms with Gasteiger partial charge in [-0.15, -0.1) is 0 Å². The molecule has 1 fully saturated rings. The van der Waals surface area contributed by atoms with Crippen molar-refractivity contribution in [3.05, 3.63) is 28.5 Å². The quantitative estimate of drug-likeness (QED) is 0.688. The molecule has 0 saturated carbocycles. The Morgan fingerprint density at radius 1 is 1.58 bits per heavy atom. The SMILES string of the molecule is Brc1cc([C@@H]2CCOC2)ccn1. The van der Waals surface area contributed by atoms with Gasteiger partial charge < -0.3 is 4.74 Å². The van der Waals surface area contributed by atoms with Crippen LogP contribution in [0.5, 0.6) is 0 Å². The molecule has 0 spiro atoms. The van der Waals surface area contributed by atoms with Crippen LogP contribution in [0, 0.1) is 0 Å². The van der Waals surface area contributed by atoms with Gasteiger partial charge in [0.2, 0.25) is 0 Å². The maximum atomic E-state index is 5.32. The molecule has 1 saturated heterocycles. The summed E-state index contributed by atoms with van der Waals surface area (Å²) in [4.78, 5) is 4.09. The second-order valence-electron chi connectivity index (χ2n) is 2.97. The predicted octanol–water partition coefficient (Wildman–Crippen LogP) is 2.35. The number of hydrogen-bond donors (Lipinski definition) is 0. The Bertz CT molecular complexity index is 271. The molecule has 0 unspecified atom stereocenters. The van der Waals surface area contributed by atoms with E-state index >= 15 is 0 Å². The standard InChI is InChI=1S/C9H10BrNO/c10-9-5-7(1-3-11-9)8-2-4-12-6-8/h1,3,5,8H,2,4,6H2/t8-/m1/s1. The summed E-state index contributed by atoms with van der Waals surface area (Å²) >= 11 is 3.36. The Morgan fingerprint density at radius 2 is 2.50 bits per heavy atom. The van der Waals surface area contributed by atoms with Crippen LogP contribution in [0.2, 0.25) is 0 Å². The van der Waals surface area contributed by atoms with E-state index in [9.17, 15) is 0 Å². The third-order valence-electron chi connectivity index (χ3n) is 2.15. The largest absolute Gasteiger partial charge is 0.381 e. The van der Waals surface area contributed by atoms with E-state index in [0.29, 0.717) is 5.92 Å². The van der Waals surface area contributed by atoms with Gasteiger partial charge >= 0.3 is 0 Å². The predicted molar refractivity (Wildman–Crippen MR) is 50.1 cm³/mol. The van der Waals surface area contributed by atoms with Crippen molar-refractivity contribution in [1.82, 2.24) is 4.98 Å². The summed E-state index contributed by atoms with van der Waals surface area (Å²) in [6, 6.07) is 4.13. The van der Waals surface area contributed by atoms with Crippen LogP contribution in [0.15, 0.2) is 22.9 Å². The van der Waals surface area contributed by atoms with Crippen molar-refractivity contribution in [2.75, 3.05) is 13.2 Å². The van der Waals surface area contributed by atoms with Crippen LogP contribution in [0.3, 0.4) is 0 Å². The molecule has 2 heterocycles. The summed E-state index contributed by atoms with van der Waals surface area (Å²) < 4.78 is 6.22. The van der Waals surface area contributed by atoms with Crippen molar-refractivity contribution >= 4 is 15.9 Å². The van der Waals surface area contributed by atoms with Gasteiger partial charge in [-0.1, -0.05) is 0 Å². The molecule has 1 aromatic heterocycles. The van der Waals surface area contributed by atoms with Gasteiger partial charge in [-0.3, -0.25) is 0 Å². The minimum atomic E-state index is 0.573. The first-order valence-electron chi connectivity index (χ1n) is 4.05. The van der Waals surface area contributed by atoms with Crippen LogP contribution in [0.25, 0.3) is 0 Å². The lowest BCUT2D eigenvalue weighted by Crippen LogP contribution is -1.97. The molecular weight excluding hydrogens is 218 g/mol. The lowest BCUT2D eigenvalue weighted by Gasteiger charge is -2.06. The highest BCUT2D eigenvalue weighted by Crippen LogP contribution is 2.25. The monoisotopic (exact) mass is 227 g/mol. The van der Waals surface area contributed by atoms with E-state index in [1.54, 1.807) is 0 Å². The molecule has 0 bridgehead atoms. The summed E-state index contributed by atoms with van der Waals surface area (Å²) in [5.74, 6) is 0.573. The first kappa shape index (κ1) is 8.20. The highest BCUT2D eigenvalue weighted by Gasteiger charge is 2.17. The normalized spacial score (nSPS) is 22.9. The topological polar surface area (TPSA) is 22.1 Å². The zero-order valence-electron chi connectivity index (χ0n) is 6.66. The third-order valence-corrected chi connectivity index (χ3v) is 2.59. The van der Waals surface area contributed by atoms with Crippen molar-refractivity contribution in [1.29, 1.82) is 0 Å². The van der Waals surface area contributed by atoms with Gasteiger partial charge in [-0.25, -0.2) is 4.98 Å². The van der Waals surface area contributed by atoms with E-state index in [1.165, 1.54) is 5.56 Å². The van der Waals surface area contributed by atoms with Gasteiger partial charge in [0.1, 0.15) is 4.60 Å². The first-order chi connectivity index (χ1) is 5.86. The summed E-state index contributed by atoms with van der Waals surface area (Å²) in [5.41, 5.74) is 1.33. The van der Waals surface area contributed by atoms with Gasteiger partial charge in [0.25, 0.3) is 0 Å². The lowest BCUT2D eigenvalue weighted by atomic mass is 10.0. The van der Waals surface area contributed by atoms with E-state index < -0.39 is 0 Å². The highest BCUT2D eigenvalue weighted by atomic mass is 79.9.